The monoisotopic (exact) mass is 272 g/mol. The molecule has 1 N–H and O–H groups in total. The first-order valence-electron chi connectivity index (χ1n) is 7.85. The molecule has 1 aromatic rings. The van der Waals surface area contributed by atoms with Crippen LogP contribution in [0.1, 0.15) is 56.3 Å². The minimum atomic E-state index is 0.0156. The summed E-state index contributed by atoms with van der Waals surface area (Å²) in [5.74, 6) is 0.312. The number of hydrogen-bond acceptors (Lipinski definition) is 2. The van der Waals surface area contributed by atoms with Gasteiger partial charge in [0.2, 0.25) is 5.91 Å². The van der Waals surface area contributed by atoms with Gasteiger partial charge in [-0.25, -0.2) is 0 Å². The molecule has 2 atom stereocenters. The van der Waals surface area contributed by atoms with Gasteiger partial charge in [-0.1, -0.05) is 49.6 Å². The van der Waals surface area contributed by atoms with E-state index in [0.717, 1.165) is 32.1 Å². The summed E-state index contributed by atoms with van der Waals surface area (Å²) < 4.78 is 0. The molecule has 1 saturated heterocycles. The molecule has 0 radical (unpaired) electrons. The van der Waals surface area contributed by atoms with E-state index < -0.39 is 0 Å². The molecule has 3 nitrogen and oxygen atoms in total. The number of rotatable bonds is 5. The number of nitrogens with zero attached hydrogens (tertiary/aromatic N) is 1. The third kappa shape index (κ3) is 2.59. The number of amides is 1. The molecule has 2 fully saturated rings. The SMILES string of the molecule is CCCCC1NC(c2ccc(C)cc2)N(C2CC2)C1=O. The van der Waals surface area contributed by atoms with E-state index in [9.17, 15) is 4.79 Å². The molecular formula is C17H24N2O. The van der Waals surface area contributed by atoms with E-state index in [1.54, 1.807) is 0 Å². The highest BCUT2D eigenvalue weighted by Crippen LogP contribution is 2.38. The maximum atomic E-state index is 12.6. The second-order valence-corrected chi connectivity index (χ2v) is 6.15. The van der Waals surface area contributed by atoms with Gasteiger partial charge in [0.1, 0.15) is 6.17 Å². The van der Waals surface area contributed by atoms with Crippen molar-refractivity contribution in [2.24, 2.45) is 0 Å². The largest absolute Gasteiger partial charge is 0.319 e. The quantitative estimate of drug-likeness (QED) is 0.893. The lowest BCUT2D eigenvalue weighted by Gasteiger charge is -2.24. The van der Waals surface area contributed by atoms with Crippen molar-refractivity contribution in [1.29, 1.82) is 0 Å². The van der Waals surface area contributed by atoms with Gasteiger partial charge in [0.05, 0.1) is 6.04 Å². The van der Waals surface area contributed by atoms with Crippen molar-refractivity contribution in [2.45, 2.75) is 64.2 Å². The Hall–Kier alpha value is -1.35. The Balaban J connectivity index is 1.81. The van der Waals surface area contributed by atoms with E-state index in [-0.39, 0.29) is 12.2 Å². The number of aryl methyl sites for hydroxylation is 1. The summed E-state index contributed by atoms with van der Waals surface area (Å²) in [7, 11) is 0. The normalized spacial score (nSPS) is 26.3. The fourth-order valence-electron chi connectivity index (χ4n) is 3.01. The number of carbonyl (C=O) groups excluding carboxylic acids is 1. The van der Waals surface area contributed by atoms with Gasteiger partial charge in [-0.2, -0.15) is 0 Å². The summed E-state index contributed by atoms with van der Waals surface area (Å²) in [6.45, 7) is 4.27. The Morgan fingerprint density at radius 3 is 2.55 bits per heavy atom. The standard InChI is InChI=1S/C17H24N2O/c1-3-4-5-15-17(20)19(14-10-11-14)16(18-15)13-8-6-12(2)7-9-13/h6-9,14-16,18H,3-5,10-11H2,1-2H3. The molecule has 1 aromatic carbocycles. The number of benzene rings is 1. The molecule has 3 heteroatoms. The molecule has 0 aromatic heterocycles. The van der Waals surface area contributed by atoms with Crippen molar-refractivity contribution >= 4 is 5.91 Å². The number of nitrogens with one attached hydrogen (secondary N) is 1. The lowest BCUT2D eigenvalue weighted by molar-refractivity contribution is -0.130. The number of unbranched alkanes of at least 4 members (excludes halogenated alkanes) is 1. The van der Waals surface area contributed by atoms with Crippen LogP contribution in [0, 0.1) is 6.92 Å². The lowest BCUT2D eigenvalue weighted by Crippen LogP contribution is -2.33. The van der Waals surface area contributed by atoms with Crippen molar-refractivity contribution in [3.8, 4) is 0 Å². The average molecular weight is 272 g/mol. The molecule has 108 valence electrons. The van der Waals surface area contributed by atoms with E-state index >= 15 is 0 Å². The summed E-state index contributed by atoms with van der Waals surface area (Å²) in [5.41, 5.74) is 2.48. The highest BCUT2D eigenvalue weighted by molar-refractivity contribution is 5.85. The summed E-state index contributed by atoms with van der Waals surface area (Å²) in [6.07, 6.45) is 5.62. The highest BCUT2D eigenvalue weighted by Gasteiger charge is 2.46. The molecule has 1 aliphatic carbocycles. The van der Waals surface area contributed by atoms with Gasteiger partial charge in [0.25, 0.3) is 0 Å². The number of carbonyl (C=O) groups is 1. The van der Waals surface area contributed by atoms with Crippen LogP contribution in [-0.2, 0) is 4.79 Å². The molecule has 1 saturated carbocycles. The highest BCUT2D eigenvalue weighted by atomic mass is 16.2. The van der Waals surface area contributed by atoms with Crippen molar-refractivity contribution in [2.75, 3.05) is 0 Å². The molecule has 1 aliphatic heterocycles. The van der Waals surface area contributed by atoms with E-state index in [4.69, 9.17) is 0 Å². The number of hydrogen-bond donors (Lipinski definition) is 1. The predicted octanol–water partition coefficient (Wildman–Crippen LogP) is 3.15. The Morgan fingerprint density at radius 1 is 1.25 bits per heavy atom. The van der Waals surface area contributed by atoms with Crippen LogP contribution in [-0.4, -0.2) is 22.9 Å². The fourth-order valence-corrected chi connectivity index (χ4v) is 3.01. The van der Waals surface area contributed by atoms with Gasteiger partial charge < -0.3 is 4.90 Å². The van der Waals surface area contributed by atoms with E-state index in [2.05, 4.69) is 48.3 Å². The van der Waals surface area contributed by atoms with Crippen LogP contribution >= 0.6 is 0 Å². The van der Waals surface area contributed by atoms with Gasteiger partial charge in [0, 0.05) is 6.04 Å². The summed E-state index contributed by atoms with van der Waals surface area (Å²) in [6, 6.07) is 9.04. The fraction of sp³-hybridized carbons (Fsp3) is 0.588. The maximum Gasteiger partial charge on any atom is 0.241 e. The van der Waals surface area contributed by atoms with Crippen LogP contribution in [0.25, 0.3) is 0 Å². The maximum absolute atomic E-state index is 12.6. The molecule has 0 bridgehead atoms. The molecule has 2 aliphatic rings. The molecule has 3 rings (SSSR count). The molecule has 1 heterocycles. The predicted molar refractivity (Wildman–Crippen MR) is 80.2 cm³/mol. The van der Waals surface area contributed by atoms with Crippen molar-refractivity contribution in [3.05, 3.63) is 35.4 Å². The van der Waals surface area contributed by atoms with Gasteiger partial charge in [-0.3, -0.25) is 10.1 Å². The van der Waals surface area contributed by atoms with Gasteiger partial charge in [-0.15, -0.1) is 0 Å². The van der Waals surface area contributed by atoms with Crippen LogP contribution in [0.5, 0.6) is 0 Å². The second-order valence-electron chi connectivity index (χ2n) is 6.15. The molecule has 2 unspecified atom stereocenters. The van der Waals surface area contributed by atoms with Crippen molar-refractivity contribution in [3.63, 3.8) is 0 Å². The summed E-state index contributed by atoms with van der Waals surface area (Å²) in [5, 5.41) is 3.56. The van der Waals surface area contributed by atoms with Crippen LogP contribution in [0.4, 0.5) is 0 Å². The zero-order chi connectivity index (χ0) is 14.1. The minimum absolute atomic E-state index is 0.0156. The summed E-state index contributed by atoms with van der Waals surface area (Å²) >= 11 is 0. The second kappa shape index (κ2) is 5.57. The van der Waals surface area contributed by atoms with Crippen molar-refractivity contribution in [1.82, 2.24) is 10.2 Å². The van der Waals surface area contributed by atoms with E-state index in [1.807, 2.05) is 0 Å². The minimum Gasteiger partial charge on any atom is -0.319 e. The third-order valence-corrected chi connectivity index (χ3v) is 4.37. The Kier molecular flexibility index (Phi) is 3.79. The topological polar surface area (TPSA) is 32.3 Å². The Labute approximate surface area is 121 Å². The van der Waals surface area contributed by atoms with Crippen LogP contribution in [0.2, 0.25) is 0 Å². The van der Waals surface area contributed by atoms with Crippen molar-refractivity contribution < 1.29 is 4.79 Å². The average Bonchev–Trinajstić information content (AvgIpc) is 3.22. The first-order valence-corrected chi connectivity index (χ1v) is 7.85. The van der Waals surface area contributed by atoms with E-state index in [1.165, 1.54) is 11.1 Å². The Morgan fingerprint density at radius 2 is 1.95 bits per heavy atom. The smallest absolute Gasteiger partial charge is 0.241 e. The van der Waals surface area contributed by atoms with Crippen LogP contribution < -0.4 is 5.32 Å². The molecule has 1 amide bonds. The van der Waals surface area contributed by atoms with E-state index in [0.29, 0.717) is 11.9 Å². The van der Waals surface area contributed by atoms with Gasteiger partial charge >= 0.3 is 0 Å². The Bertz CT molecular complexity index is 478. The molecular weight excluding hydrogens is 248 g/mol. The van der Waals surface area contributed by atoms with Gasteiger partial charge in [0.15, 0.2) is 0 Å². The summed E-state index contributed by atoms with van der Waals surface area (Å²) in [4.78, 5) is 14.7. The first kappa shape index (κ1) is 13.6. The zero-order valence-corrected chi connectivity index (χ0v) is 12.4. The lowest BCUT2D eigenvalue weighted by atomic mass is 10.1. The van der Waals surface area contributed by atoms with Crippen LogP contribution in [0.15, 0.2) is 24.3 Å². The van der Waals surface area contributed by atoms with Crippen LogP contribution in [0.3, 0.4) is 0 Å². The third-order valence-electron chi connectivity index (χ3n) is 4.37. The first-order chi connectivity index (χ1) is 9.70. The molecule has 20 heavy (non-hydrogen) atoms. The zero-order valence-electron chi connectivity index (χ0n) is 12.4. The molecule has 0 spiro atoms. The van der Waals surface area contributed by atoms with Gasteiger partial charge in [-0.05, 0) is 31.7 Å².